The first-order valence-electron chi connectivity index (χ1n) is 11.8. The Morgan fingerprint density at radius 3 is 2.34 bits per heavy atom. The molecule has 4 rings (SSSR count). The molecule has 0 aliphatic carbocycles. The molecule has 0 radical (unpaired) electrons. The number of amides is 1. The molecule has 5 nitrogen and oxygen atoms in total. The number of carbonyl (C=O) groups is 2. The number of benzene rings is 2. The van der Waals surface area contributed by atoms with Gasteiger partial charge in [0.05, 0.1) is 28.4 Å². The topological polar surface area (TPSA) is 68.3 Å². The third-order valence-corrected chi connectivity index (χ3v) is 7.09. The SMILES string of the molecule is CCc1c(C)sc(NC(=O)c2c(C)c(-c3ccc(C)cc3)nc3ccccc23)c1C(=O)OC(C)C. The fourth-order valence-electron chi connectivity index (χ4n) is 4.34. The molecule has 0 bridgehead atoms. The Balaban J connectivity index is 1.84. The van der Waals surface area contributed by atoms with Gasteiger partial charge in [-0.2, -0.15) is 0 Å². The number of nitrogens with zero attached hydrogens (tertiary/aromatic N) is 1. The van der Waals surface area contributed by atoms with Crippen molar-refractivity contribution in [3.05, 3.63) is 81.2 Å². The van der Waals surface area contributed by atoms with Gasteiger partial charge >= 0.3 is 5.97 Å². The van der Waals surface area contributed by atoms with Crippen molar-refractivity contribution in [1.29, 1.82) is 0 Å². The number of fused-ring (bicyclic) bond motifs is 1. The van der Waals surface area contributed by atoms with Crippen LogP contribution in [0.25, 0.3) is 22.2 Å². The summed E-state index contributed by atoms with van der Waals surface area (Å²) in [5, 5.41) is 4.34. The van der Waals surface area contributed by atoms with Crippen LogP contribution in [0.3, 0.4) is 0 Å². The fourth-order valence-corrected chi connectivity index (χ4v) is 5.47. The molecule has 0 spiro atoms. The van der Waals surface area contributed by atoms with Gasteiger partial charge in [0.15, 0.2) is 0 Å². The highest BCUT2D eigenvalue weighted by Gasteiger charge is 2.26. The number of aryl methyl sites for hydroxylation is 2. The molecule has 6 heteroatoms. The molecular formula is C29H30N2O3S. The van der Waals surface area contributed by atoms with Gasteiger partial charge in [-0.3, -0.25) is 4.79 Å². The molecule has 2 heterocycles. The van der Waals surface area contributed by atoms with Crippen LogP contribution in [0.15, 0.2) is 48.5 Å². The Morgan fingerprint density at radius 2 is 1.69 bits per heavy atom. The van der Waals surface area contributed by atoms with Crippen molar-refractivity contribution in [1.82, 2.24) is 4.98 Å². The van der Waals surface area contributed by atoms with Gasteiger partial charge in [-0.15, -0.1) is 11.3 Å². The Morgan fingerprint density at radius 1 is 1.00 bits per heavy atom. The molecule has 0 aliphatic rings. The fraction of sp³-hybridized carbons (Fsp3) is 0.276. The van der Waals surface area contributed by atoms with Crippen LogP contribution in [0.5, 0.6) is 0 Å². The zero-order chi connectivity index (χ0) is 25.3. The summed E-state index contributed by atoms with van der Waals surface area (Å²) >= 11 is 1.41. The van der Waals surface area contributed by atoms with E-state index in [2.05, 4.69) is 5.32 Å². The lowest BCUT2D eigenvalue weighted by atomic mass is 9.96. The van der Waals surface area contributed by atoms with Gasteiger partial charge < -0.3 is 10.1 Å². The van der Waals surface area contributed by atoms with E-state index in [-0.39, 0.29) is 12.0 Å². The lowest BCUT2D eigenvalue weighted by Crippen LogP contribution is -2.18. The van der Waals surface area contributed by atoms with Crippen molar-refractivity contribution in [2.75, 3.05) is 5.32 Å². The minimum atomic E-state index is -0.409. The third-order valence-electron chi connectivity index (χ3n) is 6.02. The van der Waals surface area contributed by atoms with Crippen molar-refractivity contribution in [3.8, 4) is 11.3 Å². The first kappa shape index (κ1) is 24.6. The van der Waals surface area contributed by atoms with E-state index in [1.165, 1.54) is 11.3 Å². The molecule has 0 saturated heterocycles. The molecule has 2 aromatic carbocycles. The van der Waals surface area contributed by atoms with E-state index in [0.717, 1.165) is 43.7 Å². The van der Waals surface area contributed by atoms with E-state index < -0.39 is 5.97 Å². The van der Waals surface area contributed by atoms with Crippen LogP contribution < -0.4 is 5.32 Å². The predicted octanol–water partition coefficient (Wildman–Crippen LogP) is 7.27. The van der Waals surface area contributed by atoms with Crippen LogP contribution in [0, 0.1) is 20.8 Å². The standard InChI is InChI=1S/C29H30N2O3S/c1-7-21-19(6)35-28(25(21)29(33)34-16(2)3)31-27(32)24-18(5)26(20-14-12-17(4)13-15-20)30-23-11-9-8-10-22(23)24/h8-16H,7H2,1-6H3,(H,31,32). The van der Waals surface area contributed by atoms with Crippen molar-refractivity contribution in [2.45, 2.75) is 54.1 Å². The number of rotatable bonds is 6. The van der Waals surface area contributed by atoms with Crippen LogP contribution in [-0.2, 0) is 11.2 Å². The summed E-state index contributed by atoms with van der Waals surface area (Å²) in [5.41, 5.74) is 6.33. The third kappa shape index (κ3) is 4.84. The lowest BCUT2D eigenvalue weighted by Gasteiger charge is -2.15. The minimum absolute atomic E-state index is 0.251. The highest BCUT2D eigenvalue weighted by molar-refractivity contribution is 7.16. The molecule has 4 aromatic rings. The number of thiophene rings is 1. The van der Waals surface area contributed by atoms with Gasteiger partial charge in [-0.25, -0.2) is 9.78 Å². The first-order valence-corrected chi connectivity index (χ1v) is 12.6. The molecule has 0 aliphatic heterocycles. The summed E-state index contributed by atoms with van der Waals surface area (Å²) < 4.78 is 5.51. The number of aromatic nitrogens is 1. The number of para-hydroxylation sites is 1. The Hall–Kier alpha value is -3.51. The molecule has 1 amide bonds. The average molecular weight is 487 g/mol. The summed E-state index contributed by atoms with van der Waals surface area (Å²) in [5.74, 6) is -0.676. The van der Waals surface area contributed by atoms with Crippen molar-refractivity contribution >= 4 is 39.1 Å². The minimum Gasteiger partial charge on any atom is -0.459 e. The molecule has 2 aromatic heterocycles. The number of pyridine rings is 1. The number of nitrogens with one attached hydrogen (secondary N) is 1. The van der Waals surface area contributed by atoms with Crippen molar-refractivity contribution in [2.24, 2.45) is 0 Å². The second-order valence-electron chi connectivity index (χ2n) is 8.95. The van der Waals surface area contributed by atoms with Crippen LogP contribution in [0.2, 0.25) is 0 Å². The normalized spacial score (nSPS) is 11.2. The second kappa shape index (κ2) is 10.0. The van der Waals surface area contributed by atoms with Gasteiger partial charge in [-0.1, -0.05) is 55.0 Å². The summed E-state index contributed by atoms with van der Waals surface area (Å²) in [6.07, 6.45) is 0.426. The second-order valence-corrected chi connectivity index (χ2v) is 10.2. The number of esters is 1. The molecule has 35 heavy (non-hydrogen) atoms. The smallest absolute Gasteiger partial charge is 0.341 e. The summed E-state index contributed by atoms with van der Waals surface area (Å²) in [6.45, 7) is 11.6. The van der Waals surface area contributed by atoms with Gasteiger partial charge in [0.1, 0.15) is 5.00 Å². The molecule has 180 valence electrons. The van der Waals surface area contributed by atoms with Crippen LogP contribution >= 0.6 is 11.3 Å². The summed E-state index contributed by atoms with van der Waals surface area (Å²) in [6, 6.07) is 15.8. The molecule has 1 N–H and O–H groups in total. The van der Waals surface area contributed by atoms with Gasteiger partial charge in [0, 0.05) is 15.8 Å². The maximum atomic E-state index is 13.8. The average Bonchev–Trinajstić information content (AvgIpc) is 3.13. The molecular weight excluding hydrogens is 456 g/mol. The van der Waals surface area contributed by atoms with E-state index >= 15 is 0 Å². The predicted molar refractivity (Wildman–Crippen MR) is 144 cm³/mol. The van der Waals surface area contributed by atoms with Crippen molar-refractivity contribution in [3.63, 3.8) is 0 Å². The number of hydrogen-bond donors (Lipinski definition) is 1. The van der Waals surface area contributed by atoms with E-state index in [9.17, 15) is 9.59 Å². The maximum Gasteiger partial charge on any atom is 0.341 e. The van der Waals surface area contributed by atoms with Gasteiger partial charge in [0.25, 0.3) is 5.91 Å². The first-order chi connectivity index (χ1) is 16.7. The zero-order valence-corrected chi connectivity index (χ0v) is 21.8. The van der Waals surface area contributed by atoms with Crippen molar-refractivity contribution < 1.29 is 14.3 Å². The quantitative estimate of drug-likeness (QED) is 0.291. The Kier molecular flexibility index (Phi) is 7.03. The van der Waals surface area contributed by atoms with Crippen LogP contribution in [-0.4, -0.2) is 23.0 Å². The highest BCUT2D eigenvalue weighted by atomic mass is 32.1. The monoisotopic (exact) mass is 486 g/mol. The molecule has 0 fully saturated rings. The largest absolute Gasteiger partial charge is 0.459 e. The van der Waals surface area contributed by atoms with Crippen LogP contribution in [0.1, 0.15) is 63.1 Å². The number of ether oxygens (including phenoxy) is 1. The zero-order valence-electron chi connectivity index (χ0n) is 21.0. The summed E-state index contributed by atoms with van der Waals surface area (Å²) in [4.78, 5) is 32.6. The maximum absolute atomic E-state index is 13.8. The molecule has 0 unspecified atom stereocenters. The molecule has 0 atom stereocenters. The summed E-state index contributed by atoms with van der Waals surface area (Å²) in [7, 11) is 0. The van der Waals surface area contributed by atoms with Gasteiger partial charge in [-0.05, 0) is 58.2 Å². The number of anilines is 1. The van der Waals surface area contributed by atoms with E-state index in [1.54, 1.807) is 0 Å². The van der Waals surface area contributed by atoms with Gasteiger partial charge in [0.2, 0.25) is 0 Å². The van der Waals surface area contributed by atoms with E-state index in [4.69, 9.17) is 9.72 Å². The Labute approximate surface area is 210 Å². The number of carbonyl (C=O) groups excluding carboxylic acids is 2. The van der Waals surface area contributed by atoms with E-state index in [0.29, 0.717) is 22.5 Å². The molecule has 0 saturated carbocycles. The lowest BCUT2D eigenvalue weighted by molar-refractivity contribution is 0.0378. The van der Waals surface area contributed by atoms with E-state index in [1.807, 2.05) is 90.1 Å². The highest BCUT2D eigenvalue weighted by Crippen LogP contribution is 2.36. The Bertz CT molecular complexity index is 1420. The van der Waals surface area contributed by atoms with Crippen LogP contribution in [0.4, 0.5) is 5.00 Å². The number of hydrogen-bond acceptors (Lipinski definition) is 5.